The second-order valence-electron chi connectivity index (χ2n) is 4.82. The van der Waals surface area contributed by atoms with Crippen LogP contribution in [0.3, 0.4) is 0 Å². The van der Waals surface area contributed by atoms with Crippen LogP contribution in [0.1, 0.15) is 37.2 Å². The number of carbonyl (C=O) groups excluding carboxylic acids is 1. The van der Waals surface area contributed by atoms with Crippen LogP contribution in [0, 0.1) is 5.92 Å². The molecule has 0 radical (unpaired) electrons. The highest BCUT2D eigenvalue weighted by molar-refractivity contribution is 5.92. The zero-order chi connectivity index (χ0) is 13.0. The van der Waals surface area contributed by atoms with Gasteiger partial charge in [0, 0.05) is 19.6 Å². The van der Waals surface area contributed by atoms with Crippen LogP contribution >= 0.6 is 0 Å². The Kier molecular flexibility index (Phi) is 4.12. The van der Waals surface area contributed by atoms with Gasteiger partial charge in [-0.2, -0.15) is 0 Å². The number of anilines is 1. The van der Waals surface area contributed by atoms with Crippen LogP contribution in [0.5, 0.6) is 0 Å². The Morgan fingerprint density at radius 1 is 1.50 bits per heavy atom. The van der Waals surface area contributed by atoms with E-state index in [0.29, 0.717) is 17.4 Å². The van der Waals surface area contributed by atoms with Gasteiger partial charge in [0.25, 0.3) is 5.91 Å². The van der Waals surface area contributed by atoms with E-state index in [1.54, 1.807) is 12.4 Å². The Hall–Kier alpha value is -1.65. The highest BCUT2D eigenvalue weighted by Crippen LogP contribution is 2.17. The SMILES string of the molecule is CCNc1cnc(C(=O)N2CCCC(C)C2)cn1. The first kappa shape index (κ1) is 12.8. The van der Waals surface area contributed by atoms with Gasteiger partial charge >= 0.3 is 0 Å². The molecule has 18 heavy (non-hydrogen) atoms. The maximum absolute atomic E-state index is 12.2. The summed E-state index contributed by atoms with van der Waals surface area (Å²) in [6, 6.07) is 0. The number of rotatable bonds is 3. The van der Waals surface area contributed by atoms with Crippen molar-refractivity contribution < 1.29 is 4.79 Å². The predicted octanol–water partition coefficient (Wildman–Crippen LogP) is 1.78. The maximum atomic E-state index is 12.2. The molecule has 1 aliphatic heterocycles. The first-order chi connectivity index (χ1) is 8.70. The molecule has 5 heteroatoms. The van der Waals surface area contributed by atoms with E-state index in [1.165, 1.54) is 6.42 Å². The molecule has 5 nitrogen and oxygen atoms in total. The van der Waals surface area contributed by atoms with Crippen molar-refractivity contribution in [2.75, 3.05) is 25.0 Å². The first-order valence-corrected chi connectivity index (χ1v) is 6.56. The number of nitrogens with one attached hydrogen (secondary N) is 1. The molecule has 2 rings (SSSR count). The Bertz CT molecular complexity index is 404. The molecule has 1 aromatic heterocycles. The van der Waals surface area contributed by atoms with Crippen molar-refractivity contribution in [2.24, 2.45) is 5.92 Å². The van der Waals surface area contributed by atoms with E-state index in [1.807, 2.05) is 11.8 Å². The quantitative estimate of drug-likeness (QED) is 0.886. The largest absolute Gasteiger partial charge is 0.369 e. The summed E-state index contributed by atoms with van der Waals surface area (Å²) < 4.78 is 0. The molecule has 0 saturated carbocycles. The molecule has 1 atom stereocenters. The van der Waals surface area contributed by atoms with Gasteiger partial charge in [-0.25, -0.2) is 9.97 Å². The normalized spacial score (nSPS) is 19.7. The van der Waals surface area contributed by atoms with Crippen LogP contribution in [0.15, 0.2) is 12.4 Å². The molecule has 0 spiro atoms. The Labute approximate surface area is 108 Å². The lowest BCUT2D eigenvalue weighted by atomic mass is 10.0. The molecule has 1 amide bonds. The monoisotopic (exact) mass is 248 g/mol. The molecule has 1 aromatic rings. The predicted molar refractivity (Wildman–Crippen MR) is 70.5 cm³/mol. The number of hydrogen-bond donors (Lipinski definition) is 1. The average molecular weight is 248 g/mol. The van der Waals surface area contributed by atoms with E-state index < -0.39 is 0 Å². The third kappa shape index (κ3) is 2.97. The molecule has 0 bridgehead atoms. The fraction of sp³-hybridized carbons (Fsp3) is 0.615. The zero-order valence-electron chi connectivity index (χ0n) is 11.0. The lowest BCUT2D eigenvalue weighted by Gasteiger charge is -2.30. The molecular weight excluding hydrogens is 228 g/mol. The number of carbonyl (C=O) groups is 1. The number of likely N-dealkylation sites (tertiary alicyclic amines) is 1. The lowest BCUT2D eigenvalue weighted by Crippen LogP contribution is -2.39. The van der Waals surface area contributed by atoms with Crippen molar-refractivity contribution in [2.45, 2.75) is 26.7 Å². The molecule has 2 heterocycles. The number of nitrogens with zero attached hydrogens (tertiary/aromatic N) is 3. The molecule has 98 valence electrons. The van der Waals surface area contributed by atoms with Crippen LogP contribution in [-0.4, -0.2) is 40.4 Å². The Balaban J connectivity index is 2.03. The van der Waals surface area contributed by atoms with E-state index in [-0.39, 0.29) is 5.91 Å². The standard InChI is InChI=1S/C13H20N4O/c1-3-14-12-8-15-11(7-16-12)13(18)17-6-4-5-10(2)9-17/h7-8,10H,3-6,9H2,1-2H3,(H,14,16). The maximum Gasteiger partial charge on any atom is 0.274 e. The number of hydrogen-bond acceptors (Lipinski definition) is 4. The highest BCUT2D eigenvalue weighted by Gasteiger charge is 2.22. The van der Waals surface area contributed by atoms with Crippen molar-refractivity contribution in [3.63, 3.8) is 0 Å². The molecule has 0 aromatic carbocycles. The molecule has 1 saturated heterocycles. The number of amides is 1. The topological polar surface area (TPSA) is 58.1 Å². The summed E-state index contributed by atoms with van der Waals surface area (Å²) in [5.74, 6) is 1.29. The summed E-state index contributed by atoms with van der Waals surface area (Å²) in [6.45, 7) is 6.64. The number of piperidine rings is 1. The van der Waals surface area contributed by atoms with E-state index in [4.69, 9.17) is 0 Å². The van der Waals surface area contributed by atoms with E-state index in [9.17, 15) is 4.79 Å². The molecule has 1 N–H and O–H groups in total. The van der Waals surface area contributed by atoms with Crippen LogP contribution in [-0.2, 0) is 0 Å². The van der Waals surface area contributed by atoms with Crippen molar-refractivity contribution >= 4 is 11.7 Å². The highest BCUT2D eigenvalue weighted by atomic mass is 16.2. The van der Waals surface area contributed by atoms with Crippen LogP contribution < -0.4 is 5.32 Å². The van der Waals surface area contributed by atoms with Gasteiger partial charge in [-0.05, 0) is 25.7 Å². The van der Waals surface area contributed by atoms with Gasteiger partial charge in [0.2, 0.25) is 0 Å². The molecule has 1 unspecified atom stereocenters. The average Bonchev–Trinajstić information content (AvgIpc) is 2.39. The van der Waals surface area contributed by atoms with E-state index >= 15 is 0 Å². The van der Waals surface area contributed by atoms with Crippen molar-refractivity contribution in [3.8, 4) is 0 Å². The first-order valence-electron chi connectivity index (χ1n) is 6.56. The summed E-state index contributed by atoms with van der Waals surface area (Å²) in [6.07, 6.45) is 5.45. The van der Waals surface area contributed by atoms with Crippen molar-refractivity contribution in [3.05, 3.63) is 18.1 Å². The summed E-state index contributed by atoms with van der Waals surface area (Å²) in [5.41, 5.74) is 0.436. The van der Waals surface area contributed by atoms with Crippen molar-refractivity contribution in [1.29, 1.82) is 0 Å². The Morgan fingerprint density at radius 2 is 2.33 bits per heavy atom. The summed E-state index contributed by atoms with van der Waals surface area (Å²) in [5, 5.41) is 3.06. The van der Waals surface area contributed by atoms with Gasteiger partial charge in [-0.15, -0.1) is 0 Å². The second-order valence-corrected chi connectivity index (χ2v) is 4.82. The summed E-state index contributed by atoms with van der Waals surface area (Å²) >= 11 is 0. The smallest absolute Gasteiger partial charge is 0.274 e. The van der Waals surface area contributed by atoms with E-state index in [0.717, 1.165) is 26.1 Å². The van der Waals surface area contributed by atoms with Crippen LogP contribution in [0.25, 0.3) is 0 Å². The van der Waals surface area contributed by atoms with Gasteiger partial charge in [-0.3, -0.25) is 4.79 Å². The van der Waals surface area contributed by atoms with Crippen molar-refractivity contribution in [1.82, 2.24) is 14.9 Å². The van der Waals surface area contributed by atoms with E-state index in [2.05, 4.69) is 22.2 Å². The summed E-state index contributed by atoms with van der Waals surface area (Å²) in [4.78, 5) is 22.5. The number of aromatic nitrogens is 2. The van der Waals surface area contributed by atoms with Gasteiger partial charge in [0.1, 0.15) is 11.5 Å². The minimum atomic E-state index is -0.00269. The van der Waals surface area contributed by atoms with Gasteiger partial charge in [0.15, 0.2) is 0 Å². The third-order valence-corrected chi connectivity index (χ3v) is 3.17. The van der Waals surface area contributed by atoms with Gasteiger partial charge in [-0.1, -0.05) is 6.92 Å². The molecule has 1 aliphatic rings. The molecule has 1 fully saturated rings. The summed E-state index contributed by atoms with van der Waals surface area (Å²) in [7, 11) is 0. The third-order valence-electron chi connectivity index (χ3n) is 3.17. The fourth-order valence-corrected chi connectivity index (χ4v) is 2.25. The lowest BCUT2D eigenvalue weighted by molar-refractivity contribution is 0.0676. The molecular formula is C13H20N4O. The van der Waals surface area contributed by atoms with Gasteiger partial charge < -0.3 is 10.2 Å². The zero-order valence-corrected chi connectivity index (χ0v) is 11.0. The van der Waals surface area contributed by atoms with Crippen LogP contribution in [0.2, 0.25) is 0 Å². The Morgan fingerprint density at radius 3 is 2.94 bits per heavy atom. The van der Waals surface area contributed by atoms with Crippen LogP contribution in [0.4, 0.5) is 5.82 Å². The van der Waals surface area contributed by atoms with Gasteiger partial charge in [0.05, 0.1) is 12.4 Å². The molecule has 0 aliphatic carbocycles. The minimum Gasteiger partial charge on any atom is -0.369 e. The fourth-order valence-electron chi connectivity index (χ4n) is 2.25. The minimum absolute atomic E-state index is 0.00269. The second kappa shape index (κ2) is 5.80.